The fourth-order valence-electron chi connectivity index (χ4n) is 7.81. The van der Waals surface area contributed by atoms with Crippen molar-refractivity contribution >= 4 is 32.8 Å². The van der Waals surface area contributed by atoms with Crippen LogP contribution in [0.5, 0.6) is 11.5 Å². The van der Waals surface area contributed by atoms with E-state index in [4.69, 9.17) is 16.1 Å². The third kappa shape index (κ3) is 6.31. The van der Waals surface area contributed by atoms with E-state index >= 15 is 0 Å². The van der Waals surface area contributed by atoms with Crippen LogP contribution in [0.2, 0.25) is 0 Å². The number of hydrogen-bond donors (Lipinski definition) is 0. The Hall–Kier alpha value is -6.53. The summed E-state index contributed by atoms with van der Waals surface area (Å²) in [5, 5.41) is 2.28. The summed E-state index contributed by atoms with van der Waals surface area (Å²) >= 11 is 0. The van der Waals surface area contributed by atoms with Gasteiger partial charge in [0.1, 0.15) is 23.0 Å². The van der Waals surface area contributed by atoms with Crippen LogP contribution in [-0.2, 0) is 5.41 Å². The lowest BCUT2D eigenvalue weighted by Gasteiger charge is -2.20. The van der Waals surface area contributed by atoms with Gasteiger partial charge in [0, 0.05) is 36.2 Å². The van der Waals surface area contributed by atoms with E-state index in [2.05, 4.69) is 147 Å². The van der Waals surface area contributed by atoms with Gasteiger partial charge >= 0.3 is 0 Å². The zero-order valence-electron chi connectivity index (χ0n) is 33.5. The molecule has 9 aromatic rings. The van der Waals surface area contributed by atoms with E-state index in [0.29, 0.717) is 11.5 Å². The second-order valence-corrected chi connectivity index (χ2v) is 15.3. The lowest BCUT2D eigenvalue weighted by molar-refractivity contribution is -0.572. The molecule has 56 heavy (non-hydrogen) atoms. The first-order chi connectivity index (χ1) is 27.6. The highest BCUT2D eigenvalue weighted by atomic mass is 16.5. The molecule has 0 aliphatic carbocycles. The summed E-state index contributed by atoms with van der Waals surface area (Å²) in [4.78, 5) is 9.94. The minimum Gasteiger partial charge on any atom is -0.456 e. The average Bonchev–Trinajstić information content (AvgIpc) is 3.80. The molecule has 6 heteroatoms. The molecule has 0 saturated carbocycles. The van der Waals surface area contributed by atoms with E-state index < -0.39 is 5.89 Å². The third-order valence-corrected chi connectivity index (χ3v) is 10.8. The Bertz CT molecular complexity index is 2920. The van der Waals surface area contributed by atoms with Gasteiger partial charge in [0.15, 0.2) is 0 Å². The number of aromatic nitrogens is 5. The molecule has 5 aromatic carbocycles. The Morgan fingerprint density at radius 2 is 1.48 bits per heavy atom. The summed E-state index contributed by atoms with van der Waals surface area (Å²) in [6.07, 6.45) is 8.90. The number of hydrogen-bond acceptors (Lipinski definition) is 3. The van der Waals surface area contributed by atoms with E-state index in [-0.39, 0.29) is 5.41 Å². The van der Waals surface area contributed by atoms with Gasteiger partial charge in [-0.25, -0.2) is 4.98 Å². The summed E-state index contributed by atoms with van der Waals surface area (Å²) in [5.41, 5.74) is 9.72. The predicted octanol–water partition coefficient (Wildman–Crippen LogP) is 12.3. The van der Waals surface area contributed by atoms with Crippen LogP contribution in [0.1, 0.15) is 65.9 Å². The topological polar surface area (TPSA) is 48.8 Å². The normalized spacial score (nSPS) is 12.4. The van der Waals surface area contributed by atoms with Crippen molar-refractivity contribution in [2.24, 2.45) is 0 Å². The molecule has 276 valence electrons. The standard InChI is InChI=1S/C50H45N5O/c1-6-34(7-2)36-18-15-19-38(28-36)53-33-54(45-23-14-13-22-44(45)53)39-30-47(49(52-32-39)35-16-9-8-10-17-35)56-40-24-25-42-41-20-11-12-21-43(41)55(46(42)31-40)48-29-37(26-27-51-48)50(3,4)5/h8-32,34H,6-7H2,1-5H3/i34D. The maximum Gasteiger partial charge on any atom is 0.269 e. The summed E-state index contributed by atoms with van der Waals surface area (Å²) in [6.45, 7) is 10.8. The molecule has 0 unspecified atom stereocenters. The molecule has 0 radical (unpaired) electrons. The number of para-hydroxylation sites is 3. The van der Waals surface area contributed by atoms with Crippen molar-refractivity contribution in [3.63, 3.8) is 0 Å². The van der Waals surface area contributed by atoms with Crippen LogP contribution < -0.4 is 9.30 Å². The van der Waals surface area contributed by atoms with Crippen molar-refractivity contribution in [1.82, 2.24) is 19.1 Å². The first kappa shape index (κ1) is 34.0. The molecule has 0 N–H and O–H groups in total. The number of ether oxygens (including phenoxy) is 1. The number of pyridine rings is 2. The molecule has 0 aliphatic rings. The van der Waals surface area contributed by atoms with E-state index in [1.165, 1.54) is 5.56 Å². The van der Waals surface area contributed by atoms with Gasteiger partial charge in [-0.2, -0.15) is 0 Å². The largest absolute Gasteiger partial charge is 0.456 e. The summed E-state index contributed by atoms with van der Waals surface area (Å²) in [7, 11) is 0. The van der Waals surface area contributed by atoms with Crippen LogP contribution in [0.25, 0.3) is 61.3 Å². The van der Waals surface area contributed by atoms with Crippen molar-refractivity contribution in [2.45, 2.75) is 58.8 Å². The molecule has 4 aromatic heterocycles. The van der Waals surface area contributed by atoms with Crippen molar-refractivity contribution in [2.75, 3.05) is 0 Å². The summed E-state index contributed by atoms with van der Waals surface area (Å²) in [6, 6.07) is 47.9. The van der Waals surface area contributed by atoms with Crippen LogP contribution in [-0.4, -0.2) is 19.1 Å². The average molecular weight is 733 g/mol. The highest BCUT2D eigenvalue weighted by Crippen LogP contribution is 2.38. The van der Waals surface area contributed by atoms with E-state index in [1.54, 1.807) is 0 Å². The van der Waals surface area contributed by atoms with Crippen molar-refractivity contribution in [3.8, 4) is 39.9 Å². The molecule has 0 atom stereocenters. The van der Waals surface area contributed by atoms with Gasteiger partial charge in [-0.3, -0.25) is 18.7 Å². The molecule has 6 nitrogen and oxygen atoms in total. The molecule has 0 saturated heterocycles. The van der Waals surface area contributed by atoms with Crippen molar-refractivity contribution < 1.29 is 10.7 Å². The number of rotatable bonds is 9. The summed E-state index contributed by atoms with van der Waals surface area (Å²) < 4.78 is 22.4. The lowest BCUT2D eigenvalue weighted by atomic mass is 9.88. The Morgan fingerprint density at radius 1 is 0.732 bits per heavy atom. The number of benzene rings is 5. The van der Waals surface area contributed by atoms with Crippen LogP contribution in [0, 0.1) is 6.33 Å². The van der Waals surface area contributed by atoms with E-state index in [9.17, 15) is 0 Å². The summed E-state index contributed by atoms with van der Waals surface area (Å²) in [5.74, 6) is 1.53. The zero-order chi connectivity index (χ0) is 39.3. The van der Waals surface area contributed by atoms with Crippen LogP contribution in [0.15, 0.2) is 152 Å². The van der Waals surface area contributed by atoms with Crippen molar-refractivity contribution in [1.29, 1.82) is 0 Å². The highest BCUT2D eigenvalue weighted by molar-refractivity contribution is 6.09. The quantitative estimate of drug-likeness (QED) is 0.110. The van der Waals surface area contributed by atoms with Crippen LogP contribution in [0.3, 0.4) is 0 Å². The molecular formula is C50H45N5O. The Kier molecular flexibility index (Phi) is 8.67. The first-order valence-corrected chi connectivity index (χ1v) is 19.4. The molecule has 0 amide bonds. The maximum absolute atomic E-state index is 9.14. The molecule has 4 heterocycles. The Balaban J connectivity index is 1.19. The fourth-order valence-corrected chi connectivity index (χ4v) is 7.81. The molecular weight excluding hydrogens is 687 g/mol. The molecule has 0 spiro atoms. The smallest absolute Gasteiger partial charge is 0.269 e. The minimum atomic E-state index is -0.650. The molecule has 0 bridgehead atoms. The SMILES string of the molecule is [2H]C(CC)(CC)c1cccc(-[n+]2[c-]n(-c3cnc(-c4ccccc4)c(Oc4ccc5c6ccccc6n(-c6cc(C(C)(C)C)ccn6)c5c4)c3)c3ccccc32)c1. The number of fused-ring (bicyclic) bond motifs is 4. The van der Waals surface area contributed by atoms with Crippen LogP contribution >= 0.6 is 0 Å². The fraction of sp³-hybridized carbons (Fsp3) is 0.180. The van der Waals surface area contributed by atoms with Gasteiger partial charge < -0.3 is 4.74 Å². The second-order valence-electron chi connectivity index (χ2n) is 15.3. The molecule has 0 aliphatic heterocycles. The van der Waals surface area contributed by atoms with Gasteiger partial charge in [-0.1, -0.05) is 120 Å². The maximum atomic E-state index is 9.14. The van der Waals surface area contributed by atoms with Crippen molar-refractivity contribution in [3.05, 3.63) is 169 Å². The number of nitrogens with zero attached hydrogens (tertiary/aromatic N) is 5. The molecule has 0 fully saturated rings. The zero-order valence-corrected chi connectivity index (χ0v) is 32.5. The van der Waals surface area contributed by atoms with E-state index in [1.807, 2.05) is 59.4 Å². The van der Waals surface area contributed by atoms with Gasteiger partial charge in [0.25, 0.3) is 6.33 Å². The molecule has 9 rings (SSSR count). The van der Waals surface area contributed by atoms with Gasteiger partial charge in [0.05, 0.1) is 33.4 Å². The minimum absolute atomic E-state index is 0.0275. The first-order valence-electron chi connectivity index (χ1n) is 19.9. The van der Waals surface area contributed by atoms with Crippen LogP contribution in [0.4, 0.5) is 0 Å². The predicted molar refractivity (Wildman–Crippen MR) is 228 cm³/mol. The number of imidazole rings is 1. The Morgan fingerprint density at radius 3 is 2.29 bits per heavy atom. The third-order valence-electron chi connectivity index (χ3n) is 10.8. The monoisotopic (exact) mass is 732 g/mol. The van der Waals surface area contributed by atoms with Gasteiger partial charge in [-0.15, -0.1) is 0 Å². The van der Waals surface area contributed by atoms with Gasteiger partial charge in [-0.05, 0) is 83.8 Å². The Labute approximate surface area is 329 Å². The second kappa shape index (κ2) is 14.3. The van der Waals surface area contributed by atoms with E-state index in [0.717, 1.165) is 79.7 Å². The van der Waals surface area contributed by atoms with Gasteiger partial charge in [0.2, 0.25) is 0 Å². The highest BCUT2D eigenvalue weighted by Gasteiger charge is 2.20. The lowest BCUT2D eigenvalue weighted by Crippen LogP contribution is -2.29.